The number of alkyl halides is 2. The van der Waals surface area contributed by atoms with Crippen molar-refractivity contribution in [1.82, 2.24) is 0 Å². The number of halogens is 2. The van der Waals surface area contributed by atoms with Crippen LogP contribution >= 0.6 is 31.9 Å². The Morgan fingerprint density at radius 1 is 1.00 bits per heavy atom. The van der Waals surface area contributed by atoms with Gasteiger partial charge in [0, 0.05) is 19.5 Å². The Kier molecular flexibility index (Phi) is 21.0. The van der Waals surface area contributed by atoms with Gasteiger partial charge in [-0.2, -0.15) is 0 Å². The Balaban J connectivity index is -0.000000107. The standard InChI is InChI=1S/2C2H3BrO2.Zn/c2*3-1-2(4)5;/h2*1H2,(H,4,5);. The second-order valence-electron chi connectivity index (χ2n) is 1.05. The zero-order valence-corrected chi connectivity index (χ0v) is 11.7. The molecule has 0 aliphatic carbocycles. The number of carboxylic acid groups (broad SMARTS) is 2. The Morgan fingerprint density at radius 2 is 1.09 bits per heavy atom. The van der Waals surface area contributed by atoms with E-state index in [1.165, 1.54) is 0 Å². The molecule has 0 aromatic rings. The van der Waals surface area contributed by atoms with Gasteiger partial charge in [0.15, 0.2) is 0 Å². The van der Waals surface area contributed by atoms with E-state index in [0.29, 0.717) is 0 Å². The van der Waals surface area contributed by atoms with Crippen molar-refractivity contribution < 1.29 is 39.3 Å². The first-order chi connectivity index (χ1) is 4.54. The molecule has 0 aromatic heterocycles. The van der Waals surface area contributed by atoms with Gasteiger partial charge in [0.1, 0.15) is 10.7 Å². The van der Waals surface area contributed by atoms with Crippen molar-refractivity contribution in [3.63, 3.8) is 0 Å². The summed E-state index contributed by atoms with van der Waals surface area (Å²) in [6.07, 6.45) is 0. The zero-order chi connectivity index (χ0) is 8.57. The maximum Gasteiger partial charge on any atom is 0.314 e. The van der Waals surface area contributed by atoms with Crippen molar-refractivity contribution in [2.45, 2.75) is 0 Å². The van der Waals surface area contributed by atoms with E-state index in [1.807, 2.05) is 0 Å². The van der Waals surface area contributed by atoms with Crippen LogP contribution in [0.3, 0.4) is 0 Å². The number of aliphatic carboxylic acids is 2. The fourth-order valence-electron chi connectivity index (χ4n) is 0. The minimum absolute atomic E-state index is 0. The van der Waals surface area contributed by atoms with Crippen LogP contribution in [0.2, 0.25) is 0 Å². The molecule has 0 bridgehead atoms. The van der Waals surface area contributed by atoms with E-state index in [9.17, 15) is 9.59 Å². The summed E-state index contributed by atoms with van der Waals surface area (Å²) < 4.78 is 0. The van der Waals surface area contributed by atoms with Crippen molar-refractivity contribution in [2.75, 3.05) is 10.7 Å². The van der Waals surface area contributed by atoms with E-state index in [1.54, 1.807) is 0 Å². The summed E-state index contributed by atoms with van der Waals surface area (Å²) in [6.45, 7) is 0. The molecule has 0 aliphatic rings. The van der Waals surface area contributed by atoms with E-state index in [-0.39, 0.29) is 30.1 Å². The minimum atomic E-state index is -0.829. The molecule has 62 valence electrons. The second kappa shape index (κ2) is 13.1. The first kappa shape index (κ1) is 17.6. The Labute approximate surface area is 93.4 Å². The third-order valence-corrected chi connectivity index (χ3v) is 1.19. The molecule has 0 atom stereocenters. The maximum atomic E-state index is 9.32. The molecule has 0 aromatic carbocycles. The molecule has 7 heteroatoms. The van der Waals surface area contributed by atoms with Gasteiger partial charge in [-0.05, 0) is 0 Å². The number of hydrogen-bond donors (Lipinski definition) is 2. The molecular weight excluding hydrogens is 337 g/mol. The second-order valence-corrected chi connectivity index (χ2v) is 2.18. The van der Waals surface area contributed by atoms with Crippen LogP contribution in [0.15, 0.2) is 0 Å². The predicted octanol–water partition coefficient (Wildman–Crippen LogP) is 0.929. The Hall–Kier alpha value is 0.523. The van der Waals surface area contributed by atoms with Gasteiger partial charge in [0.2, 0.25) is 0 Å². The van der Waals surface area contributed by atoms with Crippen molar-refractivity contribution in [3.05, 3.63) is 0 Å². The number of rotatable bonds is 2. The molecule has 0 amide bonds. The van der Waals surface area contributed by atoms with Crippen LogP contribution in [0.25, 0.3) is 0 Å². The summed E-state index contributed by atoms with van der Waals surface area (Å²) in [6, 6.07) is 0. The number of hydrogen-bond acceptors (Lipinski definition) is 2. The molecule has 0 fully saturated rings. The topological polar surface area (TPSA) is 74.6 Å². The monoisotopic (exact) mass is 340 g/mol. The SMILES string of the molecule is O=C(O)CBr.O=C(O)CBr.[Zn]. The van der Waals surface area contributed by atoms with Gasteiger partial charge >= 0.3 is 11.9 Å². The summed E-state index contributed by atoms with van der Waals surface area (Å²) >= 11 is 5.43. The Bertz CT molecular complexity index is 105. The Morgan fingerprint density at radius 3 is 1.09 bits per heavy atom. The summed E-state index contributed by atoms with van der Waals surface area (Å²) in [4.78, 5) is 18.6. The van der Waals surface area contributed by atoms with Gasteiger partial charge in [-0.25, -0.2) is 0 Å². The summed E-state index contributed by atoms with van der Waals surface area (Å²) in [7, 11) is 0. The van der Waals surface area contributed by atoms with E-state index in [2.05, 4.69) is 31.9 Å². The number of carbonyl (C=O) groups is 2. The molecular formula is C4H6Br2O4Zn. The summed E-state index contributed by atoms with van der Waals surface area (Å²) in [5.41, 5.74) is 0. The van der Waals surface area contributed by atoms with Crippen LogP contribution in [0.4, 0.5) is 0 Å². The van der Waals surface area contributed by atoms with Gasteiger partial charge in [0.25, 0.3) is 0 Å². The third-order valence-electron chi connectivity index (χ3n) is 0.229. The molecule has 0 spiro atoms. The van der Waals surface area contributed by atoms with Gasteiger partial charge in [0.05, 0.1) is 0 Å². The predicted molar refractivity (Wildman–Crippen MR) is 42.9 cm³/mol. The third kappa shape index (κ3) is 37.4. The molecule has 0 aliphatic heterocycles. The van der Waals surface area contributed by atoms with Crippen LogP contribution in [-0.2, 0) is 29.1 Å². The van der Waals surface area contributed by atoms with Crippen LogP contribution < -0.4 is 0 Å². The minimum Gasteiger partial charge on any atom is -0.481 e. The fourth-order valence-corrected chi connectivity index (χ4v) is 0. The van der Waals surface area contributed by atoms with E-state index in [0.717, 1.165) is 0 Å². The molecule has 11 heavy (non-hydrogen) atoms. The quantitative estimate of drug-likeness (QED) is 0.578. The van der Waals surface area contributed by atoms with Crippen LogP contribution in [0, 0.1) is 0 Å². The molecule has 2 N–H and O–H groups in total. The molecule has 0 saturated heterocycles. The van der Waals surface area contributed by atoms with E-state index < -0.39 is 11.9 Å². The van der Waals surface area contributed by atoms with E-state index >= 15 is 0 Å². The molecule has 4 nitrogen and oxygen atoms in total. The van der Waals surface area contributed by atoms with Crippen molar-refractivity contribution in [1.29, 1.82) is 0 Å². The van der Waals surface area contributed by atoms with E-state index in [4.69, 9.17) is 10.2 Å². The van der Waals surface area contributed by atoms with Gasteiger partial charge in [-0.1, -0.05) is 31.9 Å². The zero-order valence-electron chi connectivity index (χ0n) is 5.59. The van der Waals surface area contributed by atoms with Crippen molar-refractivity contribution >= 4 is 43.8 Å². The average Bonchev–Trinajstić information content (AvgIpc) is 1.89. The smallest absolute Gasteiger partial charge is 0.314 e. The van der Waals surface area contributed by atoms with Crippen molar-refractivity contribution in [2.24, 2.45) is 0 Å². The van der Waals surface area contributed by atoms with Gasteiger partial charge in [-0.3, -0.25) is 9.59 Å². The summed E-state index contributed by atoms with van der Waals surface area (Å²) in [5, 5.41) is 15.4. The molecule has 0 saturated carbocycles. The van der Waals surface area contributed by atoms with Gasteiger partial charge < -0.3 is 10.2 Å². The molecule has 0 rings (SSSR count). The number of carboxylic acids is 2. The van der Waals surface area contributed by atoms with Crippen molar-refractivity contribution in [3.8, 4) is 0 Å². The largest absolute Gasteiger partial charge is 0.481 e. The van der Waals surface area contributed by atoms with Crippen LogP contribution in [0.5, 0.6) is 0 Å². The maximum absolute atomic E-state index is 9.32. The molecule has 0 unspecified atom stereocenters. The normalized spacial score (nSPS) is 6.73. The molecule has 0 radical (unpaired) electrons. The first-order valence-electron chi connectivity index (χ1n) is 2.10. The fraction of sp³-hybridized carbons (Fsp3) is 0.500. The average molecular weight is 343 g/mol. The first-order valence-corrected chi connectivity index (χ1v) is 4.34. The summed E-state index contributed by atoms with van der Waals surface area (Å²) in [5.74, 6) is -1.66. The van der Waals surface area contributed by atoms with Crippen LogP contribution in [-0.4, -0.2) is 32.8 Å². The van der Waals surface area contributed by atoms with Crippen LogP contribution in [0.1, 0.15) is 0 Å². The van der Waals surface area contributed by atoms with Gasteiger partial charge in [-0.15, -0.1) is 0 Å². The molecule has 0 heterocycles.